The van der Waals surface area contributed by atoms with Crippen LogP contribution in [0.15, 0.2) is 23.7 Å². The fourth-order valence-corrected chi connectivity index (χ4v) is 2.37. The largest absolute Gasteiger partial charge is 0.370 e. The minimum Gasteiger partial charge on any atom is -0.370 e. The molecule has 0 spiro atoms. The molecule has 0 aliphatic heterocycles. The monoisotopic (exact) mass is 280 g/mol. The molecule has 6 nitrogen and oxygen atoms in total. The molecule has 0 atom stereocenters. The van der Waals surface area contributed by atoms with Crippen LogP contribution in [0.1, 0.15) is 5.56 Å². The number of hydrogen-bond donors (Lipinski definition) is 3. The number of nitrogens with one attached hydrogen (secondary N) is 2. The van der Waals surface area contributed by atoms with Gasteiger partial charge in [-0.1, -0.05) is 6.07 Å². The van der Waals surface area contributed by atoms with E-state index in [9.17, 15) is 4.79 Å². The minimum atomic E-state index is -0.449. The molecule has 19 heavy (non-hydrogen) atoms. The van der Waals surface area contributed by atoms with E-state index in [4.69, 9.17) is 10.5 Å². The normalized spacial score (nSPS) is 10.7. The van der Waals surface area contributed by atoms with Crippen LogP contribution in [-0.4, -0.2) is 35.9 Å². The molecule has 2 aromatic heterocycles. The molecule has 0 unspecified atom stereocenters. The zero-order valence-corrected chi connectivity index (χ0v) is 11.2. The SMILES string of the molecule is NC(=O)COCCNCc1cn[nH]c1-c1cccs1. The Kier molecular flexibility index (Phi) is 5.08. The third-order valence-corrected chi connectivity index (χ3v) is 3.36. The van der Waals surface area contributed by atoms with Crippen LogP contribution in [0.25, 0.3) is 10.6 Å². The first-order valence-corrected chi connectivity index (χ1v) is 6.78. The maximum atomic E-state index is 10.5. The quantitative estimate of drug-likeness (QED) is 0.621. The van der Waals surface area contributed by atoms with Gasteiger partial charge in [-0.2, -0.15) is 5.10 Å². The Labute approximate surface area is 115 Å². The summed E-state index contributed by atoms with van der Waals surface area (Å²) in [4.78, 5) is 11.6. The number of primary amides is 1. The van der Waals surface area contributed by atoms with Gasteiger partial charge in [-0.25, -0.2) is 0 Å². The fraction of sp³-hybridized carbons (Fsp3) is 0.333. The lowest BCUT2D eigenvalue weighted by molar-refractivity contribution is -0.122. The average Bonchev–Trinajstić information content (AvgIpc) is 3.03. The fourth-order valence-electron chi connectivity index (χ4n) is 1.62. The Balaban J connectivity index is 1.75. The molecule has 0 saturated heterocycles. The van der Waals surface area contributed by atoms with Gasteiger partial charge in [0, 0.05) is 18.7 Å². The molecule has 102 valence electrons. The third-order valence-electron chi connectivity index (χ3n) is 2.47. The summed E-state index contributed by atoms with van der Waals surface area (Å²) < 4.78 is 5.06. The maximum absolute atomic E-state index is 10.5. The van der Waals surface area contributed by atoms with Crippen LogP contribution in [0, 0.1) is 0 Å². The van der Waals surface area contributed by atoms with Gasteiger partial charge in [0.05, 0.1) is 23.4 Å². The van der Waals surface area contributed by atoms with Crippen molar-refractivity contribution in [2.24, 2.45) is 5.73 Å². The second-order valence-electron chi connectivity index (χ2n) is 3.94. The highest BCUT2D eigenvalue weighted by molar-refractivity contribution is 7.13. The van der Waals surface area contributed by atoms with Gasteiger partial charge in [0.15, 0.2) is 0 Å². The van der Waals surface area contributed by atoms with Crippen LogP contribution < -0.4 is 11.1 Å². The van der Waals surface area contributed by atoms with Gasteiger partial charge in [0.2, 0.25) is 5.91 Å². The van der Waals surface area contributed by atoms with Crippen molar-refractivity contribution in [1.82, 2.24) is 15.5 Å². The topological polar surface area (TPSA) is 93.0 Å². The number of carbonyl (C=O) groups is 1. The average molecular weight is 280 g/mol. The number of nitrogens with zero attached hydrogens (tertiary/aromatic N) is 1. The van der Waals surface area contributed by atoms with E-state index in [0.29, 0.717) is 19.7 Å². The molecule has 0 aromatic carbocycles. The lowest BCUT2D eigenvalue weighted by Crippen LogP contribution is -2.23. The number of nitrogens with two attached hydrogens (primary N) is 1. The molecular weight excluding hydrogens is 264 g/mol. The smallest absolute Gasteiger partial charge is 0.243 e. The summed E-state index contributed by atoms with van der Waals surface area (Å²) in [5.41, 5.74) is 7.11. The number of ether oxygens (including phenoxy) is 1. The lowest BCUT2D eigenvalue weighted by atomic mass is 10.2. The summed E-state index contributed by atoms with van der Waals surface area (Å²) >= 11 is 1.67. The molecule has 2 aromatic rings. The van der Waals surface area contributed by atoms with Crippen molar-refractivity contribution in [3.8, 4) is 10.6 Å². The van der Waals surface area contributed by atoms with E-state index in [2.05, 4.69) is 21.6 Å². The molecule has 2 rings (SSSR count). The Bertz CT molecular complexity index is 510. The first-order chi connectivity index (χ1) is 9.27. The highest BCUT2D eigenvalue weighted by Gasteiger charge is 2.07. The van der Waals surface area contributed by atoms with Crippen LogP contribution in [0.5, 0.6) is 0 Å². The van der Waals surface area contributed by atoms with Crippen molar-refractivity contribution < 1.29 is 9.53 Å². The zero-order chi connectivity index (χ0) is 13.5. The molecule has 4 N–H and O–H groups in total. The molecule has 7 heteroatoms. The highest BCUT2D eigenvalue weighted by Crippen LogP contribution is 2.25. The number of thiophene rings is 1. The number of rotatable bonds is 8. The number of carbonyl (C=O) groups excluding carboxylic acids is 1. The summed E-state index contributed by atoms with van der Waals surface area (Å²) in [6.07, 6.45) is 1.81. The van der Waals surface area contributed by atoms with Crippen molar-refractivity contribution in [1.29, 1.82) is 0 Å². The predicted molar refractivity (Wildman–Crippen MR) is 73.6 cm³/mol. The van der Waals surface area contributed by atoms with Crippen molar-refractivity contribution in [2.45, 2.75) is 6.54 Å². The van der Waals surface area contributed by atoms with E-state index < -0.39 is 5.91 Å². The third kappa shape index (κ3) is 4.16. The Morgan fingerprint density at radius 3 is 3.21 bits per heavy atom. The zero-order valence-electron chi connectivity index (χ0n) is 10.4. The lowest BCUT2D eigenvalue weighted by Gasteiger charge is -2.05. The molecule has 0 radical (unpaired) electrons. The summed E-state index contributed by atoms with van der Waals surface area (Å²) in [7, 11) is 0. The van der Waals surface area contributed by atoms with Crippen molar-refractivity contribution in [3.05, 3.63) is 29.3 Å². The Hall–Kier alpha value is -1.70. The molecule has 1 amide bonds. The predicted octanol–water partition coefficient (Wildman–Crippen LogP) is 0.730. The second-order valence-corrected chi connectivity index (χ2v) is 4.89. The van der Waals surface area contributed by atoms with Crippen molar-refractivity contribution >= 4 is 17.2 Å². The minimum absolute atomic E-state index is 0.0339. The van der Waals surface area contributed by atoms with Gasteiger partial charge in [0.1, 0.15) is 6.61 Å². The van der Waals surface area contributed by atoms with E-state index in [-0.39, 0.29) is 6.61 Å². The van der Waals surface area contributed by atoms with Crippen molar-refractivity contribution in [2.75, 3.05) is 19.8 Å². The Morgan fingerprint density at radius 2 is 2.47 bits per heavy atom. The molecule has 0 aliphatic rings. The van der Waals surface area contributed by atoms with Gasteiger partial charge in [-0.05, 0) is 11.4 Å². The molecule has 0 saturated carbocycles. The van der Waals surface area contributed by atoms with Crippen LogP contribution in [0.4, 0.5) is 0 Å². The molecule has 2 heterocycles. The van der Waals surface area contributed by atoms with Gasteiger partial charge in [-0.15, -0.1) is 11.3 Å². The van der Waals surface area contributed by atoms with Crippen LogP contribution in [0.2, 0.25) is 0 Å². The first kappa shape index (κ1) is 13.7. The number of aromatic amines is 1. The number of aromatic nitrogens is 2. The van der Waals surface area contributed by atoms with Gasteiger partial charge in [0.25, 0.3) is 0 Å². The summed E-state index contributed by atoms with van der Waals surface area (Å²) in [6.45, 7) is 1.77. The molecular formula is C12H16N4O2S. The van der Waals surface area contributed by atoms with Crippen LogP contribution in [0.3, 0.4) is 0 Å². The molecule has 0 bridgehead atoms. The van der Waals surface area contributed by atoms with E-state index in [0.717, 1.165) is 11.3 Å². The number of amides is 1. The van der Waals surface area contributed by atoms with E-state index in [1.807, 2.05) is 17.6 Å². The molecule has 0 fully saturated rings. The number of hydrogen-bond acceptors (Lipinski definition) is 5. The van der Waals surface area contributed by atoms with Gasteiger partial charge in [-0.3, -0.25) is 9.89 Å². The van der Waals surface area contributed by atoms with E-state index in [1.54, 1.807) is 11.3 Å². The summed E-state index contributed by atoms with van der Waals surface area (Å²) in [5, 5.41) is 12.3. The Morgan fingerprint density at radius 1 is 1.58 bits per heavy atom. The molecule has 0 aliphatic carbocycles. The maximum Gasteiger partial charge on any atom is 0.243 e. The van der Waals surface area contributed by atoms with Gasteiger partial charge >= 0.3 is 0 Å². The summed E-state index contributed by atoms with van der Waals surface area (Å²) in [5.74, 6) is -0.449. The second kappa shape index (κ2) is 7.03. The van der Waals surface area contributed by atoms with E-state index in [1.165, 1.54) is 4.88 Å². The van der Waals surface area contributed by atoms with E-state index >= 15 is 0 Å². The van der Waals surface area contributed by atoms with Crippen LogP contribution >= 0.6 is 11.3 Å². The highest BCUT2D eigenvalue weighted by atomic mass is 32.1. The van der Waals surface area contributed by atoms with Crippen molar-refractivity contribution in [3.63, 3.8) is 0 Å². The standard InChI is InChI=1S/C12H16N4O2S/c13-11(17)8-18-4-3-14-6-9-7-15-16-12(9)10-2-1-5-19-10/h1-2,5,7,14H,3-4,6,8H2,(H2,13,17)(H,15,16). The van der Waals surface area contributed by atoms with Gasteiger partial charge < -0.3 is 15.8 Å². The number of H-pyrrole nitrogens is 1. The van der Waals surface area contributed by atoms with Crippen LogP contribution in [-0.2, 0) is 16.1 Å². The summed E-state index contributed by atoms with van der Waals surface area (Å²) in [6, 6.07) is 4.06. The first-order valence-electron chi connectivity index (χ1n) is 5.90.